The van der Waals surface area contributed by atoms with Gasteiger partial charge in [0.25, 0.3) is 0 Å². The van der Waals surface area contributed by atoms with E-state index in [4.69, 9.17) is 19.9 Å². The maximum Gasteiger partial charge on any atom is 0.321 e. The molecule has 0 saturated carbocycles. The molecule has 34 heavy (non-hydrogen) atoms. The SMILES string of the molecule is CCCC(=O)Oc1ccc(C(C(C)C(C)OC(=O)C(C)C)[C@H](N)C(=O)O)cc1OC(=O)CCC. The fourth-order valence-corrected chi connectivity index (χ4v) is 3.36. The van der Waals surface area contributed by atoms with Gasteiger partial charge in [-0.05, 0) is 37.5 Å². The summed E-state index contributed by atoms with van der Waals surface area (Å²) in [7, 11) is 0. The first-order chi connectivity index (χ1) is 15.9. The van der Waals surface area contributed by atoms with E-state index in [1.807, 2.05) is 13.8 Å². The molecular weight excluding hydrogens is 442 g/mol. The van der Waals surface area contributed by atoms with Gasteiger partial charge < -0.3 is 25.1 Å². The number of carboxylic acid groups (broad SMARTS) is 1. The van der Waals surface area contributed by atoms with Crippen molar-refractivity contribution >= 4 is 23.9 Å². The van der Waals surface area contributed by atoms with Crippen LogP contribution in [0.4, 0.5) is 0 Å². The summed E-state index contributed by atoms with van der Waals surface area (Å²) in [4.78, 5) is 48.1. The number of rotatable bonds is 13. The number of hydrogen-bond acceptors (Lipinski definition) is 8. The van der Waals surface area contributed by atoms with Crippen molar-refractivity contribution in [3.8, 4) is 11.5 Å². The van der Waals surface area contributed by atoms with Crippen molar-refractivity contribution < 1.29 is 38.5 Å². The Morgan fingerprint density at radius 1 is 0.912 bits per heavy atom. The number of ether oxygens (including phenoxy) is 3. The van der Waals surface area contributed by atoms with Gasteiger partial charge in [0.05, 0.1) is 5.92 Å². The summed E-state index contributed by atoms with van der Waals surface area (Å²) in [6, 6.07) is 3.16. The van der Waals surface area contributed by atoms with Crippen molar-refractivity contribution in [3.63, 3.8) is 0 Å². The second-order valence-corrected chi connectivity index (χ2v) is 8.70. The highest BCUT2D eigenvalue weighted by atomic mass is 16.6. The summed E-state index contributed by atoms with van der Waals surface area (Å²) in [6.07, 6.45) is 0.849. The van der Waals surface area contributed by atoms with Crippen molar-refractivity contribution in [1.29, 1.82) is 0 Å². The van der Waals surface area contributed by atoms with E-state index >= 15 is 0 Å². The van der Waals surface area contributed by atoms with Crippen LogP contribution >= 0.6 is 0 Å². The number of esters is 3. The van der Waals surface area contributed by atoms with E-state index in [0.29, 0.717) is 18.4 Å². The molecule has 1 aromatic carbocycles. The van der Waals surface area contributed by atoms with E-state index in [9.17, 15) is 24.3 Å². The highest BCUT2D eigenvalue weighted by Crippen LogP contribution is 2.37. The van der Waals surface area contributed by atoms with Crippen molar-refractivity contribution in [2.45, 2.75) is 85.3 Å². The monoisotopic (exact) mass is 479 g/mol. The van der Waals surface area contributed by atoms with Crippen LogP contribution in [0.25, 0.3) is 0 Å². The molecule has 4 atom stereocenters. The minimum absolute atomic E-state index is 0.00187. The molecule has 0 radical (unpaired) electrons. The van der Waals surface area contributed by atoms with Crippen LogP contribution in [0.2, 0.25) is 0 Å². The Hall–Kier alpha value is -2.94. The fraction of sp³-hybridized carbons (Fsp3) is 0.600. The standard InChI is InChI=1S/C25H37NO8/c1-7-9-20(27)33-18-12-11-17(13-19(18)34-21(28)10-8-2)22(23(26)24(29)30)15(5)16(6)32-25(31)14(3)4/h11-16,22-23H,7-10,26H2,1-6H3,(H,29,30)/t15?,16?,22?,23-/m0/s1. The Balaban J connectivity index is 3.43. The lowest BCUT2D eigenvalue weighted by atomic mass is 9.79. The Bertz CT molecular complexity index is 866. The van der Waals surface area contributed by atoms with E-state index in [1.54, 1.807) is 33.8 Å². The van der Waals surface area contributed by atoms with Gasteiger partial charge in [0.15, 0.2) is 11.5 Å². The third-order valence-corrected chi connectivity index (χ3v) is 5.46. The first-order valence-electron chi connectivity index (χ1n) is 11.7. The van der Waals surface area contributed by atoms with Crippen molar-refractivity contribution in [2.75, 3.05) is 0 Å². The molecule has 0 aliphatic heterocycles. The van der Waals surface area contributed by atoms with E-state index in [0.717, 1.165) is 0 Å². The predicted molar refractivity (Wildman–Crippen MR) is 125 cm³/mol. The van der Waals surface area contributed by atoms with Gasteiger partial charge in [0.2, 0.25) is 0 Å². The Morgan fingerprint density at radius 3 is 1.91 bits per heavy atom. The Kier molecular flexibility index (Phi) is 11.7. The molecule has 9 heteroatoms. The minimum atomic E-state index is -1.33. The van der Waals surface area contributed by atoms with Gasteiger partial charge in [-0.3, -0.25) is 19.2 Å². The zero-order chi connectivity index (χ0) is 26.0. The second kappa shape index (κ2) is 13.7. The predicted octanol–water partition coefficient (Wildman–Crippen LogP) is 3.82. The molecule has 3 N–H and O–H groups in total. The summed E-state index contributed by atoms with van der Waals surface area (Å²) in [6.45, 7) is 10.5. The summed E-state index contributed by atoms with van der Waals surface area (Å²) in [5.41, 5.74) is 6.49. The fourth-order valence-electron chi connectivity index (χ4n) is 3.36. The molecule has 0 aromatic heterocycles. The normalized spacial score (nSPS) is 14.6. The van der Waals surface area contributed by atoms with Crippen molar-refractivity contribution in [1.82, 2.24) is 0 Å². The quantitative estimate of drug-likeness (QED) is 0.319. The molecule has 1 rings (SSSR count). The molecule has 0 amide bonds. The van der Waals surface area contributed by atoms with Gasteiger partial charge in [-0.15, -0.1) is 0 Å². The van der Waals surface area contributed by atoms with Gasteiger partial charge in [-0.1, -0.05) is 40.7 Å². The molecule has 0 aliphatic rings. The van der Waals surface area contributed by atoms with Crippen LogP contribution in [-0.2, 0) is 23.9 Å². The lowest BCUT2D eigenvalue weighted by Gasteiger charge is -2.32. The zero-order valence-electron chi connectivity index (χ0n) is 20.8. The maximum absolute atomic E-state index is 12.2. The van der Waals surface area contributed by atoms with Crippen LogP contribution in [0.5, 0.6) is 11.5 Å². The molecule has 9 nitrogen and oxygen atoms in total. The van der Waals surface area contributed by atoms with Gasteiger partial charge in [0.1, 0.15) is 12.1 Å². The van der Waals surface area contributed by atoms with Crippen LogP contribution in [0, 0.1) is 11.8 Å². The molecule has 190 valence electrons. The number of benzene rings is 1. The summed E-state index contributed by atoms with van der Waals surface area (Å²) in [5, 5.41) is 9.64. The Morgan fingerprint density at radius 2 is 1.44 bits per heavy atom. The average Bonchev–Trinajstić information content (AvgIpc) is 2.75. The molecule has 1 aromatic rings. The summed E-state index contributed by atoms with van der Waals surface area (Å²) < 4.78 is 16.3. The minimum Gasteiger partial charge on any atom is -0.480 e. The molecule has 3 unspecified atom stereocenters. The topological polar surface area (TPSA) is 142 Å². The van der Waals surface area contributed by atoms with Gasteiger partial charge in [0, 0.05) is 24.7 Å². The average molecular weight is 480 g/mol. The van der Waals surface area contributed by atoms with E-state index in [1.165, 1.54) is 12.1 Å². The molecule has 0 heterocycles. The van der Waals surface area contributed by atoms with Gasteiger partial charge in [-0.25, -0.2) is 0 Å². The first kappa shape index (κ1) is 29.1. The summed E-state index contributed by atoms with van der Waals surface area (Å²) >= 11 is 0. The van der Waals surface area contributed by atoms with Gasteiger partial charge >= 0.3 is 23.9 Å². The van der Waals surface area contributed by atoms with Crippen LogP contribution in [-0.4, -0.2) is 41.1 Å². The van der Waals surface area contributed by atoms with Crippen LogP contribution in [0.1, 0.15) is 78.7 Å². The number of nitrogens with two attached hydrogens (primary N) is 1. The lowest BCUT2D eigenvalue weighted by Crippen LogP contribution is -2.43. The zero-order valence-corrected chi connectivity index (χ0v) is 20.8. The highest BCUT2D eigenvalue weighted by molar-refractivity contribution is 5.77. The van der Waals surface area contributed by atoms with Gasteiger partial charge in [-0.2, -0.15) is 0 Å². The molecule has 0 fully saturated rings. The Labute approximate surface area is 200 Å². The maximum atomic E-state index is 12.2. The third kappa shape index (κ3) is 8.44. The molecule has 0 saturated heterocycles. The smallest absolute Gasteiger partial charge is 0.321 e. The molecular formula is C25H37NO8. The molecule has 0 aliphatic carbocycles. The molecule has 0 spiro atoms. The number of carbonyl (C=O) groups excluding carboxylic acids is 3. The van der Waals surface area contributed by atoms with E-state index in [-0.39, 0.29) is 30.3 Å². The van der Waals surface area contributed by atoms with Crippen molar-refractivity contribution in [2.24, 2.45) is 17.6 Å². The van der Waals surface area contributed by atoms with Crippen molar-refractivity contribution in [3.05, 3.63) is 23.8 Å². The largest absolute Gasteiger partial charge is 0.480 e. The number of carboxylic acids is 1. The highest BCUT2D eigenvalue weighted by Gasteiger charge is 2.36. The first-order valence-corrected chi connectivity index (χ1v) is 11.7. The summed E-state index contributed by atoms with van der Waals surface area (Å²) in [5.74, 6) is -4.22. The van der Waals surface area contributed by atoms with Crippen LogP contribution in [0.15, 0.2) is 18.2 Å². The number of aliphatic carboxylic acids is 1. The molecule has 0 bridgehead atoms. The lowest BCUT2D eigenvalue weighted by molar-refractivity contribution is -0.155. The third-order valence-electron chi connectivity index (χ3n) is 5.46. The van der Waals surface area contributed by atoms with Crippen LogP contribution in [0.3, 0.4) is 0 Å². The van der Waals surface area contributed by atoms with Crippen LogP contribution < -0.4 is 15.2 Å². The van der Waals surface area contributed by atoms with E-state index < -0.39 is 47.9 Å². The second-order valence-electron chi connectivity index (χ2n) is 8.70. The number of carbonyl (C=O) groups is 4. The van der Waals surface area contributed by atoms with E-state index in [2.05, 4.69) is 0 Å². The number of hydrogen-bond donors (Lipinski definition) is 2.